The van der Waals surface area contributed by atoms with Crippen LogP contribution in [-0.2, 0) is 9.59 Å². The van der Waals surface area contributed by atoms with E-state index in [-0.39, 0.29) is 35.5 Å². The van der Waals surface area contributed by atoms with Crippen molar-refractivity contribution in [3.05, 3.63) is 18.1 Å². The molecule has 0 radical (unpaired) electrons. The SMILES string of the molecule is CSCC[C@H](NC(C)=O)C(=O)NC1CCC(Oc2nccnc2C#N)CC1. The molecule has 0 bridgehead atoms. The third-order valence-corrected chi connectivity index (χ3v) is 5.02. The average molecular weight is 391 g/mol. The van der Waals surface area contributed by atoms with E-state index in [4.69, 9.17) is 10.00 Å². The van der Waals surface area contributed by atoms with Crippen LogP contribution in [0.15, 0.2) is 12.4 Å². The van der Waals surface area contributed by atoms with Gasteiger partial charge in [0.25, 0.3) is 5.88 Å². The molecule has 2 N–H and O–H groups in total. The van der Waals surface area contributed by atoms with Gasteiger partial charge >= 0.3 is 0 Å². The first kappa shape index (κ1) is 21.0. The molecular formula is C18H25N5O3S. The molecule has 1 aliphatic carbocycles. The number of nitrogens with zero attached hydrogens (tertiary/aromatic N) is 3. The Kier molecular flexibility index (Phi) is 8.33. The molecule has 2 amide bonds. The molecule has 2 rings (SSSR count). The van der Waals surface area contributed by atoms with Crippen molar-refractivity contribution in [1.29, 1.82) is 5.26 Å². The number of nitriles is 1. The number of hydrogen-bond acceptors (Lipinski definition) is 7. The Balaban J connectivity index is 1.83. The molecule has 1 aromatic rings. The lowest BCUT2D eigenvalue weighted by Crippen LogP contribution is -2.50. The van der Waals surface area contributed by atoms with Crippen LogP contribution in [0.3, 0.4) is 0 Å². The summed E-state index contributed by atoms with van der Waals surface area (Å²) in [7, 11) is 0. The van der Waals surface area contributed by atoms with E-state index < -0.39 is 6.04 Å². The van der Waals surface area contributed by atoms with Gasteiger partial charge in [-0.1, -0.05) is 0 Å². The molecule has 146 valence electrons. The molecule has 9 heteroatoms. The van der Waals surface area contributed by atoms with Crippen molar-refractivity contribution < 1.29 is 14.3 Å². The molecule has 0 unspecified atom stereocenters. The van der Waals surface area contributed by atoms with Gasteiger partial charge in [-0.05, 0) is 44.1 Å². The monoisotopic (exact) mass is 391 g/mol. The first-order chi connectivity index (χ1) is 13.0. The maximum atomic E-state index is 12.5. The van der Waals surface area contributed by atoms with Crippen LogP contribution in [0.4, 0.5) is 0 Å². The molecule has 1 saturated carbocycles. The zero-order valence-corrected chi connectivity index (χ0v) is 16.4. The lowest BCUT2D eigenvalue weighted by Gasteiger charge is -2.30. The highest BCUT2D eigenvalue weighted by Crippen LogP contribution is 2.24. The second-order valence-corrected chi connectivity index (χ2v) is 7.44. The lowest BCUT2D eigenvalue weighted by atomic mass is 9.92. The Hall–Kier alpha value is -2.34. The van der Waals surface area contributed by atoms with Gasteiger partial charge in [-0.15, -0.1) is 0 Å². The van der Waals surface area contributed by atoms with Crippen LogP contribution in [0, 0.1) is 11.3 Å². The minimum Gasteiger partial charge on any atom is -0.472 e. The van der Waals surface area contributed by atoms with E-state index in [0.717, 1.165) is 31.4 Å². The highest BCUT2D eigenvalue weighted by molar-refractivity contribution is 7.98. The number of carbonyl (C=O) groups is 2. The minimum absolute atomic E-state index is 0.0513. The molecule has 27 heavy (non-hydrogen) atoms. The summed E-state index contributed by atoms with van der Waals surface area (Å²) < 4.78 is 5.82. The van der Waals surface area contributed by atoms with E-state index in [0.29, 0.717) is 6.42 Å². The van der Waals surface area contributed by atoms with Gasteiger partial charge in [-0.2, -0.15) is 17.0 Å². The zero-order valence-electron chi connectivity index (χ0n) is 15.6. The maximum Gasteiger partial charge on any atom is 0.251 e. The van der Waals surface area contributed by atoms with Crippen LogP contribution in [0.5, 0.6) is 5.88 Å². The molecule has 1 fully saturated rings. The quantitative estimate of drug-likeness (QED) is 0.688. The van der Waals surface area contributed by atoms with E-state index in [2.05, 4.69) is 20.6 Å². The Labute approximate surface area is 163 Å². The van der Waals surface area contributed by atoms with Crippen molar-refractivity contribution in [3.63, 3.8) is 0 Å². The van der Waals surface area contributed by atoms with Crippen LogP contribution < -0.4 is 15.4 Å². The van der Waals surface area contributed by atoms with Crippen molar-refractivity contribution in [1.82, 2.24) is 20.6 Å². The van der Waals surface area contributed by atoms with Crippen molar-refractivity contribution in [3.8, 4) is 11.9 Å². The van der Waals surface area contributed by atoms with Crippen LogP contribution in [0.1, 0.15) is 44.7 Å². The highest BCUT2D eigenvalue weighted by Gasteiger charge is 2.27. The summed E-state index contributed by atoms with van der Waals surface area (Å²) in [4.78, 5) is 31.8. The van der Waals surface area contributed by atoms with Gasteiger partial charge in [-0.3, -0.25) is 9.59 Å². The fraction of sp³-hybridized carbons (Fsp3) is 0.611. The Morgan fingerprint density at radius 1 is 1.33 bits per heavy atom. The third-order valence-electron chi connectivity index (χ3n) is 4.37. The van der Waals surface area contributed by atoms with Crippen LogP contribution in [0.2, 0.25) is 0 Å². The van der Waals surface area contributed by atoms with Gasteiger partial charge in [0.05, 0.1) is 0 Å². The Bertz CT molecular complexity index is 686. The molecule has 1 aliphatic rings. The molecule has 1 aromatic heterocycles. The van der Waals surface area contributed by atoms with Crippen molar-refractivity contribution in [2.75, 3.05) is 12.0 Å². The molecule has 0 aromatic carbocycles. The lowest BCUT2D eigenvalue weighted by molar-refractivity contribution is -0.128. The number of aromatic nitrogens is 2. The van der Waals surface area contributed by atoms with Gasteiger partial charge in [0.1, 0.15) is 18.2 Å². The smallest absolute Gasteiger partial charge is 0.251 e. The predicted molar refractivity (Wildman–Crippen MR) is 102 cm³/mol. The van der Waals surface area contributed by atoms with Crippen LogP contribution in [0.25, 0.3) is 0 Å². The molecule has 1 atom stereocenters. The number of amides is 2. The van der Waals surface area contributed by atoms with Crippen molar-refractivity contribution in [2.24, 2.45) is 0 Å². The Morgan fingerprint density at radius 3 is 2.67 bits per heavy atom. The second-order valence-electron chi connectivity index (χ2n) is 6.46. The fourth-order valence-electron chi connectivity index (χ4n) is 3.02. The number of thioether (sulfide) groups is 1. The van der Waals surface area contributed by atoms with Crippen molar-refractivity contribution in [2.45, 2.75) is 57.2 Å². The zero-order chi connectivity index (χ0) is 19.6. The highest BCUT2D eigenvalue weighted by atomic mass is 32.2. The summed E-state index contributed by atoms with van der Waals surface area (Å²) in [5, 5.41) is 14.8. The van der Waals surface area contributed by atoms with Gasteiger partial charge in [-0.25, -0.2) is 9.97 Å². The second kappa shape index (κ2) is 10.7. The number of carbonyl (C=O) groups excluding carboxylic acids is 2. The summed E-state index contributed by atoms with van der Waals surface area (Å²) >= 11 is 1.64. The summed E-state index contributed by atoms with van der Waals surface area (Å²) in [6, 6.07) is 1.53. The van der Waals surface area contributed by atoms with E-state index in [1.807, 2.05) is 12.3 Å². The normalized spacial score (nSPS) is 20.2. The number of nitrogens with one attached hydrogen (secondary N) is 2. The largest absolute Gasteiger partial charge is 0.472 e. The number of ether oxygens (including phenoxy) is 1. The first-order valence-electron chi connectivity index (χ1n) is 8.97. The van der Waals surface area contributed by atoms with E-state index >= 15 is 0 Å². The van der Waals surface area contributed by atoms with Crippen LogP contribution >= 0.6 is 11.8 Å². The summed E-state index contributed by atoms with van der Waals surface area (Å²) in [5.41, 5.74) is 0.180. The van der Waals surface area contributed by atoms with Crippen molar-refractivity contribution >= 4 is 23.6 Å². The fourth-order valence-corrected chi connectivity index (χ4v) is 3.49. The molecule has 0 aliphatic heterocycles. The maximum absolute atomic E-state index is 12.5. The minimum atomic E-state index is -0.498. The van der Waals surface area contributed by atoms with E-state index in [1.54, 1.807) is 11.8 Å². The molecule has 0 saturated heterocycles. The third kappa shape index (κ3) is 6.71. The summed E-state index contributed by atoms with van der Waals surface area (Å²) in [6.45, 7) is 1.42. The van der Waals surface area contributed by atoms with Gasteiger partial charge in [0.2, 0.25) is 17.5 Å². The number of hydrogen-bond donors (Lipinski definition) is 2. The predicted octanol–water partition coefficient (Wildman–Crippen LogP) is 1.41. The molecular weight excluding hydrogens is 366 g/mol. The Morgan fingerprint density at radius 2 is 2.04 bits per heavy atom. The van der Waals surface area contributed by atoms with E-state index in [1.165, 1.54) is 19.3 Å². The molecule has 1 heterocycles. The topological polar surface area (TPSA) is 117 Å². The van der Waals surface area contributed by atoms with Crippen LogP contribution in [-0.4, -0.2) is 52.0 Å². The molecule has 8 nitrogen and oxygen atoms in total. The molecule has 0 spiro atoms. The van der Waals surface area contributed by atoms with Gasteiger partial charge < -0.3 is 15.4 Å². The summed E-state index contributed by atoms with van der Waals surface area (Å²) in [5.74, 6) is 0.725. The number of rotatable bonds is 8. The first-order valence-corrected chi connectivity index (χ1v) is 10.4. The standard InChI is InChI=1S/C18H25N5O3S/c1-12(24)22-15(7-10-27-2)17(25)23-13-3-5-14(6-4-13)26-18-16(11-19)20-8-9-21-18/h8-9,13-15H,3-7,10H2,1-2H3,(H,22,24)(H,23,25)/t13?,14?,15-/m0/s1. The van der Waals surface area contributed by atoms with E-state index in [9.17, 15) is 9.59 Å². The van der Waals surface area contributed by atoms with Gasteiger partial charge in [0, 0.05) is 25.4 Å². The summed E-state index contributed by atoms with van der Waals surface area (Å²) in [6.07, 6.45) is 8.53. The van der Waals surface area contributed by atoms with Gasteiger partial charge in [0.15, 0.2) is 0 Å². The average Bonchev–Trinajstić information content (AvgIpc) is 2.66.